The van der Waals surface area contributed by atoms with Gasteiger partial charge in [-0.3, -0.25) is 14.3 Å². The maximum Gasteiger partial charge on any atom is 0.254 e. The van der Waals surface area contributed by atoms with Crippen molar-refractivity contribution in [3.63, 3.8) is 0 Å². The van der Waals surface area contributed by atoms with Crippen molar-refractivity contribution >= 4 is 11.8 Å². The average Bonchev–Trinajstić information content (AvgIpc) is 2.97. The summed E-state index contributed by atoms with van der Waals surface area (Å²) in [5, 5.41) is 9.89. The molecule has 1 heterocycles. The summed E-state index contributed by atoms with van der Waals surface area (Å²) in [5.74, 6) is -0.0292. The fourth-order valence-electron chi connectivity index (χ4n) is 2.77. The normalized spacial score (nSPS) is 22.1. The maximum atomic E-state index is 12.2. The van der Waals surface area contributed by atoms with Crippen molar-refractivity contribution in [1.82, 2.24) is 20.4 Å². The van der Waals surface area contributed by atoms with Crippen LogP contribution < -0.4 is 10.6 Å². The Morgan fingerprint density at radius 2 is 2.14 bits per heavy atom. The lowest BCUT2D eigenvalue weighted by molar-refractivity contribution is -0.125. The van der Waals surface area contributed by atoms with Gasteiger partial charge in [0.05, 0.1) is 11.8 Å². The number of rotatable bonds is 4. The molecule has 0 saturated heterocycles. The Morgan fingerprint density at radius 3 is 2.76 bits per heavy atom. The van der Waals surface area contributed by atoms with Gasteiger partial charge in [-0.15, -0.1) is 0 Å². The number of amides is 2. The number of nitrogens with one attached hydrogen (secondary N) is 2. The van der Waals surface area contributed by atoms with Crippen LogP contribution >= 0.6 is 0 Å². The Bertz CT molecular complexity index is 510. The first-order chi connectivity index (χ1) is 10.0. The van der Waals surface area contributed by atoms with Crippen molar-refractivity contribution in [3.05, 3.63) is 18.0 Å². The van der Waals surface area contributed by atoms with E-state index in [1.54, 1.807) is 24.1 Å². The van der Waals surface area contributed by atoms with Gasteiger partial charge in [-0.2, -0.15) is 5.10 Å². The predicted molar refractivity (Wildman–Crippen MR) is 79.9 cm³/mol. The molecule has 21 heavy (non-hydrogen) atoms. The lowest BCUT2D eigenvalue weighted by Crippen LogP contribution is -2.41. The molecule has 1 fully saturated rings. The van der Waals surface area contributed by atoms with E-state index >= 15 is 0 Å². The van der Waals surface area contributed by atoms with Crippen LogP contribution in [0.2, 0.25) is 0 Å². The summed E-state index contributed by atoms with van der Waals surface area (Å²) in [6.07, 6.45) is 6.86. The number of hydrogen-bond acceptors (Lipinski definition) is 3. The van der Waals surface area contributed by atoms with Crippen LogP contribution in [-0.4, -0.2) is 34.7 Å². The fraction of sp³-hybridized carbons (Fsp3) is 0.667. The van der Waals surface area contributed by atoms with Gasteiger partial charge in [-0.25, -0.2) is 0 Å². The fourth-order valence-corrected chi connectivity index (χ4v) is 2.77. The van der Waals surface area contributed by atoms with Gasteiger partial charge in [0.2, 0.25) is 5.91 Å². The minimum Gasteiger partial charge on any atom is -0.359 e. The monoisotopic (exact) mass is 292 g/mol. The van der Waals surface area contributed by atoms with E-state index in [0.29, 0.717) is 12.0 Å². The Labute approximate surface area is 125 Å². The van der Waals surface area contributed by atoms with Crippen molar-refractivity contribution in [2.75, 3.05) is 7.05 Å². The van der Waals surface area contributed by atoms with E-state index in [0.717, 1.165) is 19.3 Å². The van der Waals surface area contributed by atoms with E-state index in [9.17, 15) is 9.59 Å². The Kier molecular flexibility index (Phi) is 4.98. The topological polar surface area (TPSA) is 76.0 Å². The quantitative estimate of drug-likeness (QED) is 0.883. The third-order valence-corrected chi connectivity index (χ3v) is 4.02. The zero-order chi connectivity index (χ0) is 15.4. The second kappa shape index (κ2) is 6.74. The van der Waals surface area contributed by atoms with Gasteiger partial charge in [-0.05, 0) is 33.1 Å². The molecule has 116 valence electrons. The van der Waals surface area contributed by atoms with Crippen LogP contribution in [0.3, 0.4) is 0 Å². The molecule has 0 aliphatic heterocycles. The maximum absolute atomic E-state index is 12.2. The first-order valence-corrected chi connectivity index (χ1v) is 7.58. The Morgan fingerprint density at radius 1 is 1.38 bits per heavy atom. The van der Waals surface area contributed by atoms with Crippen LogP contribution in [0.25, 0.3) is 0 Å². The van der Waals surface area contributed by atoms with Crippen molar-refractivity contribution in [2.45, 2.75) is 51.6 Å². The summed E-state index contributed by atoms with van der Waals surface area (Å²) in [6, 6.07) is 0.301. The smallest absolute Gasteiger partial charge is 0.254 e. The Balaban J connectivity index is 1.93. The van der Waals surface area contributed by atoms with Gasteiger partial charge in [0.15, 0.2) is 0 Å². The van der Waals surface area contributed by atoms with Crippen LogP contribution in [0.15, 0.2) is 12.4 Å². The van der Waals surface area contributed by atoms with E-state index in [2.05, 4.69) is 15.7 Å². The number of carbonyl (C=O) groups is 2. The van der Waals surface area contributed by atoms with E-state index < -0.39 is 0 Å². The summed E-state index contributed by atoms with van der Waals surface area (Å²) >= 11 is 0. The number of carbonyl (C=O) groups excluding carboxylic acids is 2. The van der Waals surface area contributed by atoms with Gasteiger partial charge in [0, 0.05) is 31.2 Å². The molecule has 0 spiro atoms. The molecule has 2 amide bonds. The lowest BCUT2D eigenvalue weighted by Gasteiger charge is -2.28. The molecule has 6 heteroatoms. The third-order valence-electron chi connectivity index (χ3n) is 4.02. The van der Waals surface area contributed by atoms with Gasteiger partial charge in [0.1, 0.15) is 0 Å². The summed E-state index contributed by atoms with van der Waals surface area (Å²) < 4.78 is 1.77. The zero-order valence-corrected chi connectivity index (χ0v) is 12.9. The molecule has 6 nitrogen and oxygen atoms in total. The first kappa shape index (κ1) is 15.5. The van der Waals surface area contributed by atoms with E-state index in [1.807, 2.05) is 13.8 Å². The zero-order valence-electron chi connectivity index (χ0n) is 12.9. The second-order valence-electron chi connectivity index (χ2n) is 5.95. The van der Waals surface area contributed by atoms with Crippen LogP contribution in [0.1, 0.15) is 55.9 Å². The van der Waals surface area contributed by atoms with E-state index in [4.69, 9.17) is 0 Å². The molecule has 1 aromatic rings. The minimum absolute atomic E-state index is 0.00689. The second-order valence-corrected chi connectivity index (χ2v) is 5.95. The van der Waals surface area contributed by atoms with Gasteiger partial charge in [-0.1, -0.05) is 6.42 Å². The van der Waals surface area contributed by atoms with Crippen LogP contribution in [0.5, 0.6) is 0 Å². The lowest BCUT2D eigenvalue weighted by atomic mass is 9.85. The highest BCUT2D eigenvalue weighted by Gasteiger charge is 2.27. The summed E-state index contributed by atoms with van der Waals surface area (Å²) in [7, 11) is 1.66. The minimum atomic E-state index is -0.107. The molecule has 1 saturated carbocycles. The SMILES string of the molecule is CNC(=O)C1CCCC(NC(=O)c2cnn(C(C)C)c2)C1. The molecule has 1 aromatic heterocycles. The molecule has 0 aromatic carbocycles. The highest BCUT2D eigenvalue weighted by molar-refractivity contribution is 5.94. The van der Waals surface area contributed by atoms with Crippen LogP contribution in [-0.2, 0) is 4.79 Å². The molecular weight excluding hydrogens is 268 g/mol. The molecular formula is C15H24N4O2. The van der Waals surface area contributed by atoms with Crippen LogP contribution in [0.4, 0.5) is 0 Å². The van der Waals surface area contributed by atoms with Crippen molar-refractivity contribution < 1.29 is 9.59 Å². The van der Waals surface area contributed by atoms with Crippen LogP contribution in [0, 0.1) is 5.92 Å². The number of aromatic nitrogens is 2. The van der Waals surface area contributed by atoms with Crippen molar-refractivity contribution in [1.29, 1.82) is 0 Å². The molecule has 0 radical (unpaired) electrons. The predicted octanol–water partition coefficient (Wildman–Crippen LogP) is 1.50. The third kappa shape index (κ3) is 3.83. The molecule has 0 bridgehead atoms. The number of hydrogen-bond donors (Lipinski definition) is 2. The molecule has 2 unspecified atom stereocenters. The summed E-state index contributed by atoms with van der Waals surface area (Å²) in [6.45, 7) is 4.04. The molecule has 2 atom stereocenters. The van der Waals surface area contributed by atoms with Crippen molar-refractivity contribution in [3.8, 4) is 0 Å². The van der Waals surface area contributed by atoms with E-state index in [1.165, 1.54) is 0 Å². The number of nitrogens with zero attached hydrogens (tertiary/aromatic N) is 2. The largest absolute Gasteiger partial charge is 0.359 e. The average molecular weight is 292 g/mol. The van der Waals surface area contributed by atoms with Gasteiger partial charge in [0.25, 0.3) is 5.91 Å². The summed E-state index contributed by atoms with van der Waals surface area (Å²) in [5.41, 5.74) is 0.575. The highest BCUT2D eigenvalue weighted by Crippen LogP contribution is 2.24. The molecule has 1 aliphatic rings. The standard InChI is InChI=1S/C15H24N4O2/c1-10(2)19-9-12(8-17-19)15(21)18-13-6-4-5-11(7-13)14(20)16-3/h8-11,13H,4-7H2,1-3H3,(H,16,20)(H,18,21). The molecule has 2 N–H and O–H groups in total. The molecule has 1 aliphatic carbocycles. The van der Waals surface area contributed by atoms with Gasteiger partial charge < -0.3 is 10.6 Å². The molecule has 2 rings (SSSR count). The Hall–Kier alpha value is -1.85. The van der Waals surface area contributed by atoms with Crippen molar-refractivity contribution in [2.24, 2.45) is 5.92 Å². The first-order valence-electron chi connectivity index (χ1n) is 7.58. The van der Waals surface area contributed by atoms with Gasteiger partial charge >= 0.3 is 0 Å². The summed E-state index contributed by atoms with van der Waals surface area (Å²) in [4.78, 5) is 23.9. The van der Waals surface area contributed by atoms with E-state index in [-0.39, 0.29) is 29.8 Å². The highest BCUT2D eigenvalue weighted by atomic mass is 16.2.